The van der Waals surface area contributed by atoms with Gasteiger partial charge >= 0.3 is 0 Å². The van der Waals surface area contributed by atoms with Crippen molar-refractivity contribution in [2.75, 3.05) is 19.8 Å². The zero-order valence-electron chi connectivity index (χ0n) is 11.8. The molecule has 0 aliphatic carbocycles. The molecule has 2 aliphatic rings. The van der Waals surface area contributed by atoms with Crippen molar-refractivity contribution in [3.63, 3.8) is 0 Å². The fourth-order valence-electron chi connectivity index (χ4n) is 3.42. The molecule has 0 saturated carbocycles. The average molecular weight is 265 g/mol. The average Bonchev–Trinajstić information content (AvgIpc) is 2.95. The van der Waals surface area contributed by atoms with Crippen molar-refractivity contribution in [1.29, 1.82) is 0 Å². The van der Waals surface area contributed by atoms with E-state index in [0.717, 1.165) is 44.8 Å². The summed E-state index contributed by atoms with van der Waals surface area (Å²) >= 11 is 0. The van der Waals surface area contributed by atoms with Gasteiger partial charge in [0.25, 0.3) is 0 Å². The number of nitrogens with zero attached hydrogens (tertiary/aromatic N) is 2. The molecule has 2 fully saturated rings. The van der Waals surface area contributed by atoms with E-state index in [1.807, 2.05) is 6.92 Å². The molecule has 2 unspecified atom stereocenters. The second-order valence-corrected chi connectivity index (χ2v) is 5.78. The Balaban J connectivity index is 1.85. The number of aromatic nitrogens is 2. The summed E-state index contributed by atoms with van der Waals surface area (Å²) in [6, 6.07) is 0.412. The van der Waals surface area contributed by atoms with Gasteiger partial charge in [0.2, 0.25) is 0 Å². The van der Waals surface area contributed by atoms with Crippen molar-refractivity contribution in [3.8, 4) is 0 Å². The van der Waals surface area contributed by atoms with Gasteiger partial charge in [-0.25, -0.2) is 0 Å². The minimum atomic E-state index is -0.0713. The van der Waals surface area contributed by atoms with Crippen LogP contribution in [0.5, 0.6) is 0 Å². The van der Waals surface area contributed by atoms with Crippen molar-refractivity contribution < 1.29 is 9.47 Å². The highest BCUT2D eigenvalue weighted by atomic mass is 16.6. The minimum Gasteiger partial charge on any atom is -0.378 e. The highest BCUT2D eigenvalue weighted by Gasteiger charge is 2.42. The molecule has 3 rings (SSSR count). The van der Waals surface area contributed by atoms with Crippen molar-refractivity contribution in [1.82, 2.24) is 9.78 Å². The van der Waals surface area contributed by atoms with Crippen LogP contribution < -0.4 is 5.73 Å². The molecule has 2 saturated heterocycles. The summed E-state index contributed by atoms with van der Waals surface area (Å²) in [5, 5.41) is 4.70. The Labute approximate surface area is 114 Å². The lowest BCUT2D eigenvalue weighted by atomic mass is 9.89. The normalized spacial score (nSPS) is 31.2. The van der Waals surface area contributed by atoms with Crippen LogP contribution in [-0.2, 0) is 16.0 Å². The Bertz CT molecular complexity index is 464. The molecule has 3 heterocycles. The quantitative estimate of drug-likeness (QED) is 0.879. The predicted molar refractivity (Wildman–Crippen MR) is 72.0 cm³/mol. The van der Waals surface area contributed by atoms with E-state index in [4.69, 9.17) is 20.3 Å². The molecule has 1 aromatic heterocycles. The number of hydrogen-bond acceptors (Lipinski definition) is 4. The molecular weight excluding hydrogens is 242 g/mol. The number of nitrogens with two attached hydrogens (primary N) is 1. The fourth-order valence-corrected chi connectivity index (χ4v) is 3.42. The van der Waals surface area contributed by atoms with E-state index in [0.29, 0.717) is 12.6 Å². The molecular formula is C14H23N3O2. The smallest absolute Gasteiger partial charge is 0.0957 e. The standard InChI is InChI=1S/C14H23N3O2/c1-10-13(8-15)11(2)17(16-10)12-3-5-19-14(7-12)4-6-18-9-14/h12H,3-9,15H2,1-2H3. The third kappa shape index (κ3) is 2.20. The van der Waals surface area contributed by atoms with Crippen molar-refractivity contribution in [3.05, 3.63) is 17.0 Å². The van der Waals surface area contributed by atoms with Gasteiger partial charge in [0, 0.05) is 43.9 Å². The van der Waals surface area contributed by atoms with Crippen LogP contribution in [0.25, 0.3) is 0 Å². The SMILES string of the molecule is Cc1nn(C2CCOC3(CCOC3)C2)c(C)c1CN. The first-order valence-corrected chi connectivity index (χ1v) is 7.11. The molecule has 2 N–H and O–H groups in total. The highest BCUT2D eigenvalue weighted by molar-refractivity contribution is 5.24. The summed E-state index contributed by atoms with van der Waals surface area (Å²) in [5.41, 5.74) is 9.19. The van der Waals surface area contributed by atoms with E-state index in [-0.39, 0.29) is 5.60 Å². The highest BCUT2D eigenvalue weighted by Crippen LogP contribution is 2.38. The third-order valence-electron chi connectivity index (χ3n) is 4.56. The molecule has 106 valence electrons. The van der Waals surface area contributed by atoms with E-state index in [1.54, 1.807) is 0 Å². The molecule has 0 bridgehead atoms. The van der Waals surface area contributed by atoms with Crippen molar-refractivity contribution in [2.24, 2.45) is 5.73 Å². The Morgan fingerprint density at radius 3 is 2.89 bits per heavy atom. The number of aryl methyl sites for hydroxylation is 1. The van der Waals surface area contributed by atoms with Crippen molar-refractivity contribution >= 4 is 0 Å². The first kappa shape index (κ1) is 13.1. The summed E-state index contributed by atoms with van der Waals surface area (Å²) in [4.78, 5) is 0. The fraction of sp³-hybridized carbons (Fsp3) is 0.786. The number of hydrogen-bond donors (Lipinski definition) is 1. The second-order valence-electron chi connectivity index (χ2n) is 5.78. The monoisotopic (exact) mass is 265 g/mol. The van der Waals surface area contributed by atoms with Crippen molar-refractivity contribution in [2.45, 2.75) is 51.3 Å². The Morgan fingerprint density at radius 1 is 1.42 bits per heavy atom. The predicted octanol–water partition coefficient (Wildman–Crippen LogP) is 1.47. The van der Waals surface area contributed by atoms with E-state index in [2.05, 4.69) is 11.6 Å². The third-order valence-corrected chi connectivity index (χ3v) is 4.56. The maximum absolute atomic E-state index is 5.99. The molecule has 1 spiro atoms. The maximum atomic E-state index is 5.99. The summed E-state index contributed by atoms with van der Waals surface area (Å²) in [6.07, 6.45) is 3.03. The van der Waals surface area contributed by atoms with Crippen LogP contribution in [0.2, 0.25) is 0 Å². The van der Waals surface area contributed by atoms with Crippen LogP contribution in [0.4, 0.5) is 0 Å². The topological polar surface area (TPSA) is 62.3 Å². The molecule has 5 nitrogen and oxygen atoms in total. The van der Waals surface area contributed by atoms with Gasteiger partial charge < -0.3 is 15.2 Å². The van der Waals surface area contributed by atoms with Crippen LogP contribution in [0, 0.1) is 13.8 Å². The zero-order valence-corrected chi connectivity index (χ0v) is 11.8. The molecule has 0 radical (unpaired) electrons. The van der Waals surface area contributed by atoms with E-state index in [9.17, 15) is 0 Å². The second kappa shape index (κ2) is 4.89. The number of rotatable bonds is 2. The number of ether oxygens (including phenoxy) is 2. The lowest BCUT2D eigenvalue weighted by Gasteiger charge is -2.37. The molecule has 5 heteroatoms. The maximum Gasteiger partial charge on any atom is 0.0957 e. The molecule has 19 heavy (non-hydrogen) atoms. The minimum absolute atomic E-state index is 0.0713. The van der Waals surface area contributed by atoms with Gasteiger partial charge in [-0.05, 0) is 20.3 Å². The van der Waals surface area contributed by atoms with E-state index in [1.165, 1.54) is 11.3 Å². The van der Waals surface area contributed by atoms with Crippen LogP contribution >= 0.6 is 0 Å². The van der Waals surface area contributed by atoms with Gasteiger partial charge in [-0.15, -0.1) is 0 Å². The van der Waals surface area contributed by atoms with Gasteiger partial charge in [-0.2, -0.15) is 5.10 Å². The van der Waals surface area contributed by atoms with Gasteiger partial charge in [0.15, 0.2) is 0 Å². The van der Waals surface area contributed by atoms with Crippen LogP contribution in [0.1, 0.15) is 42.3 Å². The van der Waals surface area contributed by atoms with Gasteiger partial charge in [0.1, 0.15) is 0 Å². The molecule has 0 amide bonds. The lowest BCUT2D eigenvalue weighted by molar-refractivity contribution is -0.0965. The molecule has 1 aromatic rings. The first-order valence-electron chi connectivity index (χ1n) is 7.11. The summed E-state index contributed by atoms with van der Waals surface area (Å²) in [5.74, 6) is 0. The molecule has 2 aliphatic heterocycles. The zero-order chi connectivity index (χ0) is 13.5. The molecule has 0 aromatic carbocycles. The van der Waals surface area contributed by atoms with Crippen LogP contribution in [0.3, 0.4) is 0 Å². The Morgan fingerprint density at radius 2 is 2.26 bits per heavy atom. The Kier molecular flexibility index (Phi) is 3.37. The van der Waals surface area contributed by atoms with Gasteiger partial charge in [0.05, 0.1) is 23.9 Å². The summed E-state index contributed by atoms with van der Waals surface area (Å²) < 4.78 is 13.7. The molecule has 2 atom stereocenters. The Hall–Kier alpha value is -0.910. The van der Waals surface area contributed by atoms with Gasteiger partial charge in [-0.3, -0.25) is 4.68 Å². The first-order chi connectivity index (χ1) is 9.15. The van der Waals surface area contributed by atoms with Crippen LogP contribution in [0.15, 0.2) is 0 Å². The summed E-state index contributed by atoms with van der Waals surface area (Å²) in [7, 11) is 0. The van der Waals surface area contributed by atoms with Gasteiger partial charge in [-0.1, -0.05) is 0 Å². The van der Waals surface area contributed by atoms with Crippen LogP contribution in [-0.4, -0.2) is 35.2 Å². The van der Waals surface area contributed by atoms with E-state index < -0.39 is 0 Å². The van der Waals surface area contributed by atoms with E-state index >= 15 is 0 Å². The summed E-state index contributed by atoms with van der Waals surface area (Å²) in [6.45, 7) is 7.07. The lowest BCUT2D eigenvalue weighted by Crippen LogP contribution is -2.41. The largest absolute Gasteiger partial charge is 0.378 e.